The van der Waals surface area contributed by atoms with Crippen molar-refractivity contribution in [2.24, 2.45) is 4.99 Å². The summed E-state index contributed by atoms with van der Waals surface area (Å²) in [6, 6.07) is 14.7. The molecule has 0 radical (unpaired) electrons. The molecule has 1 N–H and O–H groups in total. The second-order valence-electron chi connectivity index (χ2n) is 6.98. The minimum Gasteiger partial charge on any atom is -0.494 e. The Hall–Kier alpha value is -3.57. The van der Waals surface area contributed by atoms with E-state index in [1.165, 1.54) is 10.8 Å². The number of aliphatic imine (C=N–C) groups is 1. The number of hydrogen-bond donors (Lipinski definition) is 1. The van der Waals surface area contributed by atoms with E-state index in [0.29, 0.717) is 34.7 Å². The Kier molecular flexibility index (Phi) is 7.33. The van der Waals surface area contributed by atoms with Gasteiger partial charge in [0.1, 0.15) is 11.6 Å². The molecule has 0 aliphatic rings. The van der Waals surface area contributed by atoms with Crippen molar-refractivity contribution >= 4 is 27.8 Å². The second kappa shape index (κ2) is 10.2. The van der Waals surface area contributed by atoms with Crippen LogP contribution in [0.25, 0.3) is 0 Å². The Balaban J connectivity index is 1.97. The average molecular weight is 496 g/mol. The number of rotatable bonds is 7. The van der Waals surface area contributed by atoms with Gasteiger partial charge in [-0.3, -0.25) is 14.4 Å². The van der Waals surface area contributed by atoms with Gasteiger partial charge in [0.25, 0.3) is 5.56 Å². The third-order valence-corrected chi connectivity index (χ3v) is 5.62. The quantitative estimate of drug-likeness (QED) is 0.486. The number of nitrogens with zero attached hydrogens (tertiary/aromatic N) is 3. The van der Waals surface area contributed by atoms with Crippen molar-refractivity contribution in [3.8, 4) is 23.4 Å². The van der Waals surface area contributed by atoms with Crippen LogP contribution < -0.4 is 15.0 Å². The van der Waals surface area contributed by atoms with Crippen LogP contribution >= 0.6 is 15.9 Å². The van der Waals surface area contributed by atoms with Gasteiger partial charge >= 0.3 is 0 Å². The number of ether oxygens (including phenoxy) is 2. The zero-order valence-electron chi connectivity index (χ0n) is 17.9. The van der Waals surface area contributed by atoms with Crippen molar-refractivity contribution < 1.29 is 14.6 Å². The molecule has 164 valence electrons. The number of aromatic nitrogens is 1. The minimum absolute atomic E-state index is 0.0210. The average Bonchev–Trinajstić information content (AvgIpc) is 2.80. The Morgan fingerprint density at radius 2 is 1.84 bits per heavy atom. The van der Waals surface area contributed by atoms with E-state index in [-0.39, 0.29) is 18.0 Å². The maximum absolute atomic E-state index is 12.8. The van der Waals surface area contributed by atoms with Crippen molar-refractivity contribution in [3.05, 3.63) is 79.5 Å². The number of halogens is 1. The number of hydrogen-bond acceptors (Lipinski definition) is 6. The fraction of sp³-hybridized carbons (Fsp3) is 0.208. The van der Waals surface area contributed by atoms with E-state index in [1.54, 1.807) is 27.2 Å². The van der Waals surface area contributed by atoms with Gasteiger partial charge in [0, 0.05) is 17.2 Å². The lowest BCUT2D eigenvalue weighted by Gasteiger charge is -2.15. The number of aromatic hydroxyl groups is 1. The Morgan fingerprint density at radius 3 is 2.47 bits per heavy atom. The Bertz CT molecular complexity index is 1260. The summed E-state index contributed by atoms with van der Waals surface area (Å²) >= 11 is 3.37. The molecule has 8 heteroatoms. The number of aryl methyl sites for hydroxylation is 1. The topological polar surface area (TPSA) is 96.8 Å². The van der Waals surface area contributed by atoms with Crippen molar-refractivity contribution in [1.29, 1.82) is 5.26 Å². The summed E-state index contributed by atoms with van der Waals surface area (Å²) in [7, 11) is 3.11. The van der Waals surface area contributed by atoms with Crippen molar-refractivity contribution in [2.75, 3.05) is 14.2 Å². The lowest BCUT2D eigenvalue weighted by molar-refractivity contribution is 0.354. The molecule has 0 amide bonds. The van der Waals surface area contributed by atoms with Gasteiger partial charge < -0.3 is 14.6 Å². The zero-order chi connectivity index (χ0) is 23.3. The monoisotopic (exact) mass is 495 g/mol. The van der Waals surface area contributed by atoms with E-state index >= 15 is 0 Å². The van der Waals surface area contributed by atoms with Crippen molar-refractivity contribution in [3.63, 3.8) is 0 Å². The molecule has 32 heavy (non-hydrogen) atoms. The molecule has 0 saturated heterocycles. The first-order valence-electron chi connectivity index (χ1n) is 9.76. The molecule has 2 aromatic carbocycles. The van der Waals surface area contributed by atoms with E-state index < -0.39 is 5.56 Å². The molecule has 0 saturated carbocycles. The van der Waals surface area contributed by atoms with E-state index in [4.69, 9.17) is 9.47 Å². The smallest absolute Gasteiger partial charge is 0.271 e. The van der Waals surface area contributed by atoms with Crippen LogP contribution in [-0.2, 0) is 13.0 Å². The molecule has 0 bridgehead atoms. The van der Waals surface area contributed by atoms with Gasteiger partial charge in [-0.2, -0.15) is 5.26 Å². The first-order valence-corrected chi connectivity index (χ1v) is 10.6. The fourth-order valence-corrected chi connectivity index (χ4v) is 3.54. The van der Waals surface area contributed by atoms with E-state index in [2.05, 4.69) is 20.9 Å². The van der Waals surface area contributed by atoms with E-state index in [1.807, 2.05) is 42.5 Å². The molecule has 0 aliphatic carbocycles. The van der Waals surface area contributed by atoms with Crippen molar-refractivity contribution in [1.82, 2.24) is 4.57 Å². The molecule has 1 heterocycles. The third kappa shape index (κ3) is 4.84. The van der Waals surface area contributed by atoms with Gasteiger partial charge in [0.05, 0.1) is 25.5 Å². The third-order valence-electron chi connectivity index (χ3n) is 5.09. The van der Waals surface area contributed by atoms with Crippen LogP contribution in [0, 0.1) is 18.3 Å². The van der Waals surface area contributed by atoms with Gasteiger partial charge in [0.2, 0.25) is 5.88 Å². The standard InChI is InChI=1S/C24H22BrN3O4/c1-15-19(13-26)23(29)28(11-10-16-4-9-21(31-2)22(12-16)32-3)24(30)20(15)14-27-18-7-5-17(25)6-8-18/h4-9,12,14,30H,10-11H2,1-3H3. The molecular weight excluding hydrogens is 474 g/mol. The van der Waals surface area contributed by atoms with Crippen LogP contribution in [0.15, 0.2) is 56.7 Å². The molecular formula is C24H22BrN3O4. The highest BCUT2D eigenvalue weighted by molar-refractivity contribution is 9.10. The molecule has 0 fully saturated rings. The maximum atomic E-state index is 12.8. The highest BCUT2D eigenvalue weighted by Gasteiger charge is 2.18. The molecule has 0 spiro atoms. The van der Waals surface area contributed by atoms with E-state index in [9.17, 15) is 15.2 Å². The minimum atomic E-state index is -0.538. The Labute approximate surface area is 194 Å². The number of benzene rings is 2. The number of nitriles is 1. The predicted molar refractivity (Wildman–Crippen MR) is 126 cm³/mol. The van der Waals surface area contributed by atoms with Crippen LogP contribution in [-0.4, -0.2) is 30.1 Å². The molecule has 7 nitrogen and oxygen atoms in total. The van der Waals surface area contributed by atoms with Crippen LogP contribution in [0.4, 0.5) is 5.69 Å². The summed E-state index contributed by atoms with van der Waals surface area (Å²) in [5, 5.41) is 20.4. The molecule has 0 aliphatic heterocycles. The van der Waals surface area contributed by atoms with E-state index in [0.717, 1.165) is 10.0 Å². The molecule has 1 aromatic heterocycles. The Morgan fingerprint density at radius 1 is 1.16 bits per heavy atom. The van der Waals surface area contributed by atoms with Gasteiger partial charge in [-0.05, 0) is 60.9 Å². The lowest BCUT2D eigenvalue weighted by atomic mass is 10.1. The summed E-state index contributed by atoms with van der Waals surface area (Å²) in [5.41, 5.74) is 1.72. The molecule has 3 aromatic rings. The fourth-order valence-electron chi connectivity index (χ4n) is 3.28. The predicted octanol–water partition coefficient (Wildman–Crippen LogP) is 4.51. The summed E-state index contributed by atoms with van der Waals surface area (Å²) in [5.74, 6) is 0.947. The summed E-state index contributed by atoms with van der Waals surface area (Å²) < 4.78 is 12.7. The lowest BCUT2D eigenvalue weighted by Crippen LogP contribution is -2.26. The van der Waals surface area contributed by atoms with Crippen molar-refractivity contribution in [2.45, 2.75) is 19.9 Å². The van der Waals surface area contributed by atoms with Gasteiger partial charge in [-0.25, -0.2) is 0 Å². The maximum Gasteiger partial charge on any atom is 0.271 e. The summed E-state index contributed by atoms with van der Waals surface area (Å²) in [6.45, 7) is 1.80. The molecule has 3 rings (SSSR count). The first-order chi connectivity index (χ1) is 15.4. The number of pyridine rings is 1. The first kappa shape index (κ1) is 23.1. The summed E-state index contributed by atoms with van der Waals surface area (Å²) in [6.07, 6.45) is 1.91. The van der Waals surface area contributed by atoms with Crippen LogP contribution in [0.1, 0.15) is 22.3 Å². The van der Waals surface area contributed by atoms with Crippen LogP contribution in [0.2, 0.25) is 0 Å². The van der Waals surface area contributed by atoms with Gasteiger partial charge in [-0.1, -0.05) is 22.0 Å². The van der Waals surface area contributed by atoms with Crippen LogP contribution in [0.5, 0.6) is 17.4 Å². The SMILES string of the molecule is COc1ccc(CCn2c(O)c(C=Nc3ccc(Br)cc3)c(C)c(C#N)c2=O)cc1OC. The summed E-state index contributed by atoms with van der Waals surface area (Å²) in [4.78, 5) is 17.2. The van der Waals surface area contributed by atoms with Crippen LogP contribution in [0.3, 0.4) is 0 Å². The molecule has 0 unspecified atom stereocenters. The second-order valence-corrected chi connectivity index (χ2v) is 7.90. The highest BCUT2D eigenvalue weighted by atomic mass is 79.9. The normalized spacial score (nSPS) is 10.8. The van der Waals surface area contributed by atoms with Gasteiger partial charge in [-0.15, -0.1) is 0 Å². The molecule has 0 atom stereocenters. The van der Waals surface area contributed by atoms with Gasteiger partial charge in [0.15, 0.2) is 11.5 Å². The largest absolute Gasteiger partial charge is 0.494 e. The zero-order valence-corrected chi connectivity index (χ0v) is 19.5. The number of methoxy groups -OCH3 is 2. The highest BCUT2D eigenvalue weighted by Crippen LogP contribution is 2.28.